The van der Waals surface area contributed by atoms with Gasteiger partial charge >= 0.3 is 18.5 Å². The molecule has 0 fully saturated rings. The van der Waals surface area contributed by atoms with Crippen molar-refractivity contribution in [3.8, 4) is 6.07 Å². The van der Waals surface area contributed by atoms with Crippen LogP contribution in [0.3, 0.4) is 0 Å². The Morgan fingerprint density at radius 1 is 0.767 bits per heavy atom. The molecule has 0 spiro atoms. The maximum absolute atomic E-state index is 12.9. The third-order valence-corrected chi connectivity index (χ3v) is 3.98. The molecule has 0 aliphatic rings. The third-order valence-electron chi connectivity index (χ3n) is 3.98. The molecule has 0 aliphatic heterocycles. The summed E-state index contributed by atoms with van der Waals surface area (Å²) in [5.74, 6) is -4.58. The second-order valence-corrected chi connectivity index (χ2v) is 6.08. The Morgan fingerprint density at radius 2 is 1.27 bits per heavy atom. The maximum Gasteiger partial charge on any atom is 0.449 e. The van der Waals surface area contributed by atoms with Gasteiger partial charge < -0.3 is 14.6 Å². The van der Waals surface area contributed by atoms with Crippen LogP contribution >= 0.6 is 0 Å². The van der Waals surface area contributed by atoms with E-state index in [9.17, 15) is 49.7 Å². The summed E-state index contributed by atoms with van der Waals surface area (Å²) in [6.45, 7) is 0. The number of nitriles is 1. The minimum Gasteiger partial charge on any atom is -0.454 e. The molecule has 4 nitrogen and oxygen atoms in total. The van der Waals surface area contributed by atoms with Crippen LogP contribution in [0.4, 0.5) is 39.5 Å². The molecule has 1 heterocycles. The molecule has 2 rings (SSSR count). The second kappa shape index (κ2) is 7.84. The molecular formula is C17H10F9NO3. The summed E-state index contributed by atoms with van der Waals surface area (Å²) < 4.78 is 120. The fraction of sp³-hybridized carbons (Fsp3) is 0.353. The first-order valence-electron chi connectivity index (χ1n) is 7.77. The van der Waals surface area contributed by atoms with Gasteiger partial charge in [-0.15, -0.1) is 0 Å². The van der Waals surface area contributed by atoms with E-state index in [-0.39, 0.29) is 18.2 Å². The minimum atomic E-state index is -5.24. The first-order chi connectivity index (χ1) is 13.6. The van der Waals surface area contributed by atoms with Gasteiger partial charge in [0.15, 0.2) is 0 Å². The number of aliphatic hydroxyl groups is 2. The molecule has 2 aromatic rings. The summed E-state index contributed by atoms with van der Waals surface area (Å²) in [5, 5.41) is 29.4. The fourth-order valence-electron chi connectivity index (χ4n) is 2.51. The lowest BCUT2D eigenvalue weighted by molar-refractivity contribution is -0.154. The largest absolute Gasteiger partial charge is 0.454 e. The van der Waals surface area contributed by atoms with Crippen LogP contribution in [0, 0.1) is 17.2 Å². The molecule has 2 N–H and O–H groups in total. The van der Waals surface area contributed by atoms with Crippen molar-refractivity contribution in [1.82, 2.24) is 0 Å². The van der Waals surface area contributed by atoms with Crippen LogP contribution in [0.15, 0.2) is 34.7 Å². The second-order valence-electron chi connectivity index (χ2n) is 6.08. The van der Waals surface area contributed by atoms with E-state index in [4.69, 9.17) is 5.26 Å². The highest BCUT2D eigenvalue weighted by molar-refractivity contribution is 5.36. The highest BCUT2D eigenvalue weighted by atomic mass is 19.4. The molecule has 3 unspecified atom stereocenters. The zero-order valence-corrected chi connectivity index (χ0v) is 14.3. The molecule has 0 radical (unpaired) electrons. The summed E-state index contributed by atoms with van der Waals surface area (Å²) >= 11 is 0. The maximum atomic E-state index is 12.9. The van der Waals surface area contributed by atoms with Crippen molar-refractivity contribution in [2.24, 2.45) is 5.92 Å². The van der Waals surface area contributed by atoms with Gasteiger partial charge in [0.05, 0.1) is 23.3 Å². The fourth-order valence-corrected chi connectivity index (χ4v) is 2.51. The van der Waals surface area contributed by atoms with Gasteiger partial charge in [-0.3, -0.25) is 0 Å². The van der Waals surface area contributed by atoms with Crippen molar-refractivity contribution in [3.63, 3.8) is 0 Å². The topological polar surface area (TPSA) is 77.4 Å². The van der Waals surface area contributed by atoms with Gasteiger partial charge in [-0.1, -0.05) is 0 Å². The Morgan fingerprint density at radius 3 is 1.63 bits per heavy atom. The Balaban J connectivity index is 2.47. The van der Waals surface area contributed by atoms with E-state index < -0.39 is 64.9 Å². The Bertz CT molecular complexity index is 905. The molecule has 3 atom stereocenters. The smallest absolute Gasteiger partial charge is 0.449 e. The minimum absolute atomic E-state index is 0.139. The third kappa shape index (κ3) is 5.06. The number of alkyl halides is 9. The average molecular weight is 447 g/mol. The van der Waals surface area contributed by atoms with E-state index >= 15 is 0 Å². The van der Waals surface area contributed by atoms with E-state index in [2.05, 4.69) is 4.42 Å². The first kappa shape index (κ1) is 23.6. The van der Waals surface area contributed by atoms with E-state index in [0.29, 0.717) is 12.1 Å². The van der Waals surface area contributed by atoms with Crippen LogP contribution < -0.4 is 0 Å². The van der Waals surface area contributed by atoms with Crippen LogP contribution in [0.25, 0.3) is 0 Å². The van der Waals surface area contributed by atoms with Gasteiger partial charge in [-0.25, -0.2) is 0 Å². The number of aliphatic hydroxyl groups excluding tert-OH is 2. The molecule has 164 valence electrons. The summed E-state index contributed by atoms with van der Waals surface area (Å²) in [4.78, 5) is 0. The van der Waals surface area contributed by atoms with Crippen molar-refractivity contribution in [2.45, 2.75) is 30.7 Å². The van der Waals surface area contributed by atoms with E-state index in [1.54, 1.807) is 0 Å². The zero-order chi connectivity index (χ0) is 23.1. The van der Waals surface area contributed by atoms with Crippen LogP contribution in [0.2, 0.25) is 0 Å². The van der Waals surface area contributed by atoms with Crippen LogP contribution in [0.1, 0.15) is 40.4 Å². The molecule has 0 aliphatic carbocycles. The number of benzene rings is 1. The van der Waals surface area contributed by atoms with Gasteiger partial charge in [0.1, 0.15) is 17.8 Å². The summed E-state index contributed by atoms with van der Waals surface area (Å²) in [6, 6.07) is 2.33. The van der Waals surface area contributed by atoms with Gasteiger partial charge in [-0.2, -0.15) is 44.8 Å². The number of hydrogen-bond donors (Lipinski definition) is 2. The number of furan rings is 1. The summed E-state index contributed by atoms with van der Waals surface area (Å²) in [6.07, 6.45) is -20.1. The summed E-state index contributed by atoms with van der Waals surface area (Å²) in [7, 11) is 0. The van der Waals surface area contributed by atoms with E-state index in [1.165, 1.54) is 6.07 Å². The highest BCUT2D eigenvalue weighted by Crippen LogP contribution is 2.41. The van der Waals surface area contributed by atoms with Gasteiger partial charge in [0.2, 0.25) is 5.76 Å². The molecule has 0 saturated heterocycles. The van der Waals surface area contributed by atoms with E-state index in [1.807, 2.05) is 0 Å². The molecule has 0 saturated carbocycles. The predicted octanol–water partition coefficient (Wildman–Crippen LogP) is 5.24. The number of nitrogens with zero attached hydrogens (tertiary/aromatic N) is 1. The SMILES string of the molecule is N#CC(C(O)c1cc(C(F)(F)F)cc(C(F)(F)F)c1)C(O)c1ccc(C(F)(F)F)o1. The van der Waals surface area contributed by atoms with Crippen LogP contribution in [0.5, 0.6) is 0 Å². The Labute approximate surface area is 161 Å². The van der Waals surface area contributed by atoms with Crippen LogP contribution in [-0.2, 0) is 18.5 Å². The molecule has 0 amide bonds. The lowest BCUT2D eigenvalue weighted by Crippen LogP contribution is -2.21. The normalized spacial score (nSPS) is 16.1. The molecular weight excluding hydrogens is 437 g/mol. The van der Waals surface area contributed by atoms with E-state index in [0.717, 1.165) is 0 Å². The Kier molecular flexibility index (Phi) is 6.16. The molecule has 30 heavy (non-hydrogen) atoms. The molecule has 1 aromatic carbocycles. The highest BCUT2D eigenvalue weighted by Gasteiger charge is 2.40. The van der Waals surface area contributed by atoms with Crippen LogP contribution in [-0.4, -0.2) is 10.2 Å². The molecule has 13 heteroatoms. The lowest BCUT2D eigenvalue weighted by Gasteiger charge is -2.23. The summed E-state index contributed by atoms with van der Waals surface area (Å²) in [5.41, 5.74) is -4.59. The monoisotopic (exact) mass is 447 g/mol. The van der Waals surface area contributed by atoms with Crippen molar-refractivity contribution in [1.29, 1.82) is 5.26 Å². The molecule has 1 aromatic heterocycles. The standard InChI is InChI=1S/C17H10F9NO3/c18-15(19,20)8-3-7(4-9(5-8)16(21,22)23)13(28)10(6-27)14(29)11-1-2-12(30-11)17(24,25)26/h1-5,10,13-14,28-29H. The van der Waals surface area contributed by atoms with Crippen molar-refractivity contribution >= 4 is 0 Å². The number of halogens is 9. The lowest BCUT2D eigenvalue weighted by atomic mass is 9.89. The number of hydrogen-bond acceptors (Lipinski definition) is 4. The molecule has 0 bridgehead atoms. The average Bonchev–Trinajstić information content (AvgIpc) is 3.10. The van der Waals surface area contributed by atoms with Crippen molar-refractivity contribution in [2.75, 3.05) is 0 Å². The first-order valence-corrected chi connectivity index (χ1v) is 7.77. The van der Waals surface area contributed by atoms with Gasteiger partial charge in [0, 0.05) is 0 Å². The Hall–Kier alpha value is -2.72. The quantitative estimate of drug-likeness (QED) is 0.629. The zero-order valence-electron chi connectivity index (χ0n) is 14.3. The van der Waals surface area contributed by atoms with Crippen molar-refractivity contribution < 1.29 is 54.1 Å². The number of rotatable bonds is 4. The predicted molar refractivity (Wildman–Crippen MR) is 79.2 cm³/mol. The van der Waals surface area contributed by atoms with Gasteiger partial charge in [-0.05, 0) is 35.9 Å². The van der Waals surface area contributed by atoms with Crippen molar-refractivity contribution in [3.05, 3.63) is 58.5 Å². The van der Waals surface area contributed by atoms with Gasteiger partial charge in [0.25, 0.3) is 0 Å².